The van der Waals surface area contributed by atoms with Crippen LogP contribution in [0.25, 0.3) is 0 Å². The molecule has 0 saturated heterocycles. The van der Waals surface area contributed by atoms with Gasteiger partial charge in [0.15, 0.2) is 5.82 Å². The van der Waals surface area contributed by atoms with Gasteiger partial charge in [0, 0.05) is 13.1 Å². The number of unbranched alkanes of at least 4 members (excludes halogenated alkanes) is 1. The number of aliphatic hydroxyl groups excluding tert-OH is 1. The molecule has 0 aliphatic rings. The van der Waals surface area contributed by atoms with E-state index in [1.165, 1.54) is 4.90 Å². The summed E-state index contributed by atoms with van der Waals surface area (Å²) in [5, 5.41) is 8.92. The van der Waals surface area contributed by atoms with Crippen molar-refractivity contribution in [3.8, 4) is 0 Å². The fourth-order valence-electron chi connectivity index (χ4n) is 1.71. The van der Waals surface area contributed by atoms with Crippen molar-refractivity contribution in [3.05, 3.63) is 29.3 Å². The Hall–Kier alpha value is -1.69. The zero-order valence-corrected chi connectivity index (χ0v) is 10.8. The number of hydrogen-bond donors (Lipinski definition) is 2. The summed E-state index contributed by atoms with van der Waals surface area (Å²) in [6, 6.07) is 2.03. The maximum atomic E-state index is 13.8. The standard InChI is InChI=1S/C13H18F2N2O2/c1-2-3-6-17(7-8-18)13(19)11-9(14)4-5-10(16)12(11)15/h4-5,18H,2-3,6-8,16H2,1H3. The molecule has 1 aromatic rings. The second kappa shape index (κ2) is 7.04. The molecule has 3 N–H and O–H groups in total. The lowest BCUT2D eigenvalue weighted by Gasteiger charge is -2.22. The zero-order chi connectivity index (χ0) is 14.4. The number of hydrogen-bond acceptors (Lipinski definition) is 3. The molecule has 0 bridgehead atoms. The molecule has 0 aromatic heterocycles. The monoisotopic (exact) mass is 272 g/mol. The molecule has 0 radical (unpaired) electrons. The van der Waals surface area contributed by atoms with Crippen LogP contribution >= 0.6 is 0 Å². The molecule has 0 unspecified atom stereocenters. The van der Waals surface area contributed by atoms with Crippen molar-refractivity contribution in [1.82, 2.24) is 4.90 Å². The maximum Gasteiger partial charge on any atom is 0.259 e. The van der Waals surface area contributed by atoms with Gasteiger partial charge in [-0.1, -0.05) is 13.3 Å². The van der Waals surface area contributed by atoms with Crippen LogP contribution in [0.3, 0.4) is 0 Å². The highest BCUT2D eigenvalue weighted by atomic mass is 19.1. The second-order valence-corrected chi connectivity index (χ2v) is 4.19. The number of nitrogens with zero attached hydrogens (tertiary/aromatic N) is 1. The van der Waals surface area contributed by atoms with Crippen LogP contribution in [0.15, 0.2) is 12.1 Å². The number of carbonyl (C=O) groups excluding carboxylic acids is 1. The van der Waals surface area contributed by atoms with E-state index in [-0.39, 0.29) is 18.8 Å². The molecule has 0 aliphatic heterocycles. The molecule has 0 heterocycles. The number of halogens is 2. The summed E-state index contributed by atoms with van der Waals surface area (Å²) in [6.07, 6.45) is 1.52. The molecule has 1 aromatic carbocycles. The molecule has 0 aliphatic carbocycles. The first-order valence-electron chi connectivity index (χ1n) is 6.16. The number of anilines is 1. The van der Waals surface area contributed by atoms with E-state index in [4.69, 9.17) is 10.8 Å². The van der Waals surface area contributed by atoms with E-state index in [1.807, 2.05) is 6.92 Å². The first kappa shape index (κ1) is 15.4. The lowest BCUT2D eigenvalue weighted by Crippen LogP contribution is -2.35. The SMILES string of the molecule is CCCCN(CCO)C(=O)c1c(F)ccc(N)c1F. The quantitative estimate of drug-likeness (QED) is 0.776. The minimum atomic E-state index is -1.05. The summed E-state index contributed by atoms with van der Waals surface area (Å²) in [6.45, 7) is 2.04. The van der Waals surface area contributed by atoms with Crippen molar-refractivity contribution in [2.45, 2.75) is 19.8 Å². The van der Waals surface area contributed by atoms with E-state index in [9.17, 15) is 13.6 Å². The van der Waals surface area contributed by atoms with Gasteiger partial charge in [0.25, 0.3) is 5.91 Å². The van der Waals surface area contributed by atoms with E-state index in [0.717, 1.165) is 18.6 Å². The lowest BCUT2D eigenvalue weighted by atomic mass is 10.1. The number of nitrogen functional groups attached to an aromatic ring is 1. The third-order valence-electron chi connectivity index (χ3n) is 2.77. The minimum absolute atomic E-state index is 0.0342. The summed E-state index contributed by atoms with van der Waals surface area (Å²) in [5.41, 5.74) is 4.40. The van der Waals surface area contributed by atoms with Crippen LogP contribution in [0.5, 0.6) is 0 Å². The number of nitrogens with two attached hydrogens (primary N) is 1. The summed E-state index contributed by atoms with van der Waals surface area (Å²) in [5.74, 6) is -2.79. The van der Waals surface area contributed by atoms with Crippen LogP contribution in [-0.2, 0) is 0 Å². The fraction of sp³-hybridized carbons (Fsp3) is 0.462. The lowest BCUT2D eigenvalue weighted by molar-refractivity contribution is 0.0709. The van der Waals surface area contributed by atoms with Crippen LogP contribution in [0.1, 0.15) is 30.1 Å². The highest BCUT2D eigenvalue weighted by molar-refractivity contribution is 5.95. The first-order chi connectivity index (χ1) is 9.02. The molecule has 0 spiro atoms. The van der Waals surface area contributed by atoms with E-state index in [1.54, 1.807) is 0 Å². The number of aliphatic hydroxyl groups is 1. The topological polar surface area (TPSA) is 66.6 Å². The van der Waals surface area contributed by atoms with Gasteiger partial charge >= 0.3 is 0 Å². The fourth-order valence-corrected chi connectivity index (χ4v) is 1.71. The van der Waals surface area contributed by atoms with Crippen molar-refractivity contribution < 1.29 is 18.7 Å². The minimum Gasteiger partial charge on any atom is -0.396 e. The third-order valence-corrected chi connectivity index (χ3v) is 2.77. The van der Waals surface area contributed by atoms with Gasteiger partial charge < -0.3 is 15.7 Å². The van der Waals surface area contributed by atoms with Crippen LogP contribution < -0.4 is 5.73 Å². The van der Waals surface area contributed by atoms with E-state index in [0.29, 0.717) is 13.0 Å². The first-order valence-corrected chi connectivity index (χ1v) is 6.16. The number of amides is 1. The van der Waals surface area contributed by atoms with Crippen LogP contribution in [-0.4, -0.2) is 35.6 Å². The Kier molecular flexibility index (Phi) is 5.69. The molecule has 4 nitrogen and oxygen atoms in total. The molecule has 0 atom stereocenters. The van der Waals surface area contributed by atoms with Crippen molar-refractivity contribution >= 4 is 11.6 Å². The Balaban J connectivity index is 3.05. The number of rotatable bonds is 6. The molecule has 0 fully saturated rings. The molecule has 19 heavy (non-hydrogen) atoms. The Morgan fingerprint density at radius 2 is 2.05 bits per heavy atom. The van der Waals surface area contributed by atoms with Crippen LogP contribution in [0, 0.1) is 11.6 Å². The molecule has 1 rings (SSSR count). The van der Waals surface area contributed by atoms with Gasteiger partial charge in [-0.25, -0.2) is 8.78 Å². The number of carbonyl (C=O) groups is 1. The smallest absolute Gasteiger partial charge is 0.259 e. The molecule has 1 amide bonds. The highest BCUT2D eigenvalue weighted by Gasteiger charge is 2.24. The Bertz CT molecular complexity index is 453. The molecular formula is C13H18F2N2O2. The predicted octanol–water partition coefficient (Wildman–Crippen LogP) is 1.78. The molecule has 0 saturated carbocycles. The normalized spacial score (nSPS) is 10.5. The average Bonchev–Trinajstić information content (AvgIpc) is 2.39. The van der Waals surface area contributed by atoms with Crippen molar-refractivity contribution in [2.75, 3.05) is 25.4 Å². The van der Waals surface area contributed by atoms with Crippen LogP contribution in [0.4, 0.5) is 14.5 Å². The Morgan fingerprint density at radius 3 is 2.63 bits per heavy atom. The van der Waals surface area contributed by atoms with Crippen molar-refractivity contribution in [3.63, 3.8) is 0 Å². The molecule has 106 valence electrons. The van der Waals surface area contributed by atoms with Gasteiger partial charge in [0.05, 0.1) is 12.3 Å². The molecule has 6 heteroatoms. The largest absolute Gasteiger partial charge is 0.396 e. The van der Waals surface area contributed by atoms with Gasteiger partial charge in [-0.2, -0.15) is 0 Å². The Morgan fingerprint density at radius 1 is 1.37 bits per heavy atom. The van der Waals surface area contributed by atoms with Gasteiger partial charge in [-0.15, -0.1) is 0 Å². The molecular weight excluding hydrogens is 254 g/mol. The van der Waals surface area contributed by atoms with Gasteiger partial charge in [-0.3, -0.25) is 4.79 Å². The van der Waals surface area contributed by atoms with Gasteiger partial charge in [0.2, 0.25) is 0 Å². The van der Waals surface area contributed by atoms with Gasteiger partial charge in [-0.05, 0) is 18.6 Å². The average molecular weight is 272 g/mol. The zero-order valence-electron chi connectivity index (χ0n) is 10.8. The highest BCUT2D eigenvalue weighted by Crippen LogP contribution is 2.20. The van der Waals surface area contributed by atoms with Crippen molar-refractivity contribution in [1.29, 1.82) is 0 Å². The summed E-state index contributed by atoms with van der Waals surface area (Å²) in [7, 11) is 0. The summed E-state index contributed by atoms with van der Waals surface area (Å²) >= 11 is 0. The van der Waals surface area contributed by atoms with E-state index in [2.05, 4.69) is 0 Å². The second-order valence-electron chi connectivity index (χ2n) is 4.19. The Labute approximate surface area is 110 Å². The summed E-state index contributed by atoms with van der Waals surface area (Å²) in [4.78, 5) is 13.3. The maximum absolute atomic E-state index is 13.8. The summed E-state index contributed by atoms with van der Waals surface area (Å²) < 4.78 is 27.4. The van der Waals surface area contributed by atoms with Crippen molar-refractivity contribution in [2.24, 2.45) is 0 Å². The third kappa shape index (κ3) is 3.64. The number of benzene rings is 1. The van der Waals surface area contributed by atoms with Crippen LogP contribution in [0.2, 0.25) is 0 Å². The predicted molar refractivity (Wildman–Crippen MR) is 68.7 cm³/mol. The van der Waals surface area contributed by atoms with E-state index < -0.39 is 23.1 Å². The van der Waals surface area contributed by atoms with Gasteiger partial charge in [0.1, 0.15) is 11.4 Å². The van der Waals surface area contributed by atoms with E-state index >= 15 is 0 Å².